The molecule has 0 spiro atoms. The SMILES string of the molecule is c1ccc2cc(COCCC3CCN(c4cncc(OC[C@@H]5CCCN5)c4)CC3)ccc2c1. The molecule has 0 saturated carbocycles. The highest BCUT2D eigenvalue weighted by atomic mass is 16.5. The average molecular weight is 446 g/mol. The van der Waals surface area contributed by atoms with Crippen molar-refractivity contribution in [2.45, 2.75) is 44.8 Å². The van der Waals surface area contributed by atoms with E-state index in [0.29, 0.717) is 12.6 Å². The third kappa shape index (κ3) is 6.04. The van der Waals surface area contributed by atoms with E-state index < -0.39 is 0 Å². The fourth-order valence-electron chi connectivity index (χ4n) is 5.00. The Morgan fingerprint density at radius 2 is 1.85 bits per heavy atom. The van der Waals surface area contributed by atoms with Gasteiger partial charge in [-0.2, -0.15) is 0 Å². The van der Waals surface area contributed by atoms with Gasteiger partial charge in [-0.15, -0.1) is 0 Å². The maximum atomic E-state index is 6.02. The van der Waals surface area contributed by atoms with Crippen molar-refractivity contribution in [1.29, 1.82) is 0 Å². The molecule has 2 aliphatic rings. The minimum Gasteiger partial charge on any atom is -0.490 e. The first-order valence-electron chi connectivity index (χ1n) is 12.4. The molecule has 2 aliphatic heterocycles. The van der Waals surface area contributed by atoms with Gasteiger partial charge in [-0.05, 0) is 67.0 Å². The topological polar surface area (TPSA) is 46.6 Å². The highest BCUT2D eigenvalue weighted by Gasteiger charge is 2.20. The molecule has 0 bridgehead atoms. The van der Waals surface area contributed by atoms with Gasteiger partial charge in [0.1, 0.15) is 12.4 Å². The van der Waals surface area contributed by atoms with Gasteiger partial charge >= 0.3 is 0 Å². The number of nitrogens with one attached hydrogen (secondary N) is 1. The van der Waals surface area contributed by atoms with Crippen molar-refractivity contribution in [2.24, 2.45) is 5.92 Å². The zero-order valence-electron chi connectivity index (χ0n) is 19.4. The van der Waals surface area contributed by atoms with Crippen LogP contribution in [0.5, 0.6) is 5.75 Å². The minimum atomic E-state index is 0.479. The van der Waals surface area contributed by atoms with Gasteiger partial charge in [-0.3, -0.25) is 4.98 Å². The van der Waals surface area contributed by atoms with Gasteiger partial charge in [0.05, 0.1) is 24.7 Å². The molecule has 0 radical (unpaired) electrons. The van der Waals surface area contributed by atoms with Crippen LogP contribution in [0.4, 0.5) is 5.69 Å². The summed E-state index contributed by atoms with van der Waals surface area (Å²) in [5.41, 5.74) is 2.43. The summed E-state index contributed by atoms with van der Waals surface area (Å²) in [4.78, 5) is 6.87. The van der Waals surface area contributed by atoms with Crippen LogP contribution in [-0.2, 0) is 11.3 Å². The van der Waals surface area contributed by atoms with Gasteiger partial charge in [0.25, 0.3) is 0 Å². The molecule has 3 aromatic rings. The first-order chi connectivity index (χ1) is 16.3. The number of hydrogen-bond donors (Lipinski definition) is 1. The van der Waals surface area contributed by atoms with Gasteiger partial charge in [0.2, 0.25) is 0 Å². The summed E-state index contributed by atoms with van der Waals surface area (Å²) >= 11 is 0. The number of aromatic nitrogens is 1. The monoisotopic (exact) mass is 445 g/mol. The molecule has 1 atom stereocenters. The molecule has 5 nitrogen and oxygen atoms in total. The Kier molecular flexibility index (Phi) is 7.39. The van der Waals surface area contributed by atoms with Crippen molar-refractivity contribution in [2.75, 3.05) is 37.7 Å². The lowest BCUT2D eigenvalue weighted by Crippen LogP contribution is -2.34. The summed E-state index contributed by atoms with van der Waals surface area (Å²) in [6.45, 7) is 5.51. The predicted octanol–water partition coefficient (Wildman–Crippen LogP) is 5.19. The van der Waals surface area contributed by atoms with E-state index in [1.54, 1.807) is 0 Å². The number of hydrogen-bond acceptors (Lipinski definition) is 5. The number of nitrogens with zero attached hydrogens (tertiary/aromatic N) is 2. The van der Waals surface area contributed by atoms with Gasteiger partial charge in [0, 0.05) is 31.8 Å². The Morgan fingerprint density at radius 1 is 0.970 bits per heavy atom. The Balaban J connectivity index is 1.03. The Morgan fingerprint density at radius 3 is 2.70 bits per heavy atom. The molecule has 174 valence electrons. The van der Waals surface area contributed by atoms with E-state index in [2.05, 4.69) is 63.7 Å². The highest BCUT2D eigenvalue weighted by molar-refractivity contribution is 5.82. The number of fused-ring (bicyclic) bond motifs is 1. The number of anilines is 1. The molecule has 2 fully saturated rings. The molecule has 5 rings (SSSR count). The van der Waals surface area contributed by atoms with Gasteiger partial charge in [0.15, 0.2) is 0 Å². The fourth-order valence-corrected chi connectivity index (χ4v) is 5.00. The van der Waals surface area contributed by atoms with E-state index in [1.165, 1.54) is 47.7 Å². The maximum absolute atomic E-state index is 6.02. The summed E-state index contributed by atoms with van der Waals surface area (Å²) < 4.78 is 12.0. The molecule has 0 unspecified atom stereocenters. The second-order valence-corrected chi connectivity index (χ2v) is 9.44. The van der Waals surface area contributed by atoms with E-state index in [0.717, 1.165) is 50.9 Å². The minimum absolute atomic E-state index is 0.479. The quantitative estimate of drug-likeness (QED) is 0.459. The second kappa shape index (κ2) is 11.0. The lowest BCUT2D eigenvalue weighted by atomic mass is 9.93. The maximum Gasteiger partial charge on any atom is 0.139 e. The summed E-state index contributed by atoms with van der Waals surface area (Å²) in [6.07, 6.45) is 9.79. The number of rotatable bonds is 9. The van der Waals surface area contributed by atoms with Crippen molar-refractivity contribution in [3.8, 4) is 5.75 Å². The first kappa shape index (κ1) is 22.2. The molecule has 1 aromatic heterocycles. The van der Waals surface area contributed by atoms with Crippen molar-refractivity contribution in [1.82, 2.24) is 10.3 Å². The van der Waals surface area contributed by atoms with Crippen molar-refractivity contribution in [3.63, 3.8) is 0 Å². The molecule has 5 heteroatoms. The smallest absolute Gasteiger partial charge is 0.139 e. The molecular weight excluding hydrogens is 410 g/mol. The number of pyridine rings is 1. The molecule has 0 amide bonds. The molecule has 1 N–H and O–H groups in total. The van der Waals surface area contributed by atoms with Crippen molar-refractivity contribution in [3.05, 3.63) is 66.5 Å². The van der Waals surface area contributed by atoms with Gasteiger partial charge in [-0.25, -0.2) is 0 Å². The van der Waals surface area contributed by atoms with Crippen LogP contribution >= 0.6 is 0 Å². The molecule has 0 aliphatic carbocycles. The predicted molar refractivity (Wildman–Crippen MR) is 134 cm³/mol. The zero-order chi connectivity index (χ0) is 22.3. The Bertz CT molecular complexity index is 1030. The van der Waals surface area contributed by atoms with E-state index in [1.807, 2.05) is 12.4 Å². The highest BCUT2D eigenvalue weighted by Crippen LogP contribution is 2.27. The standard InChI is InChI=1S/C28H35N3O2/c1-2-5-25-16-23(7-8-24(25)4-1)20-32-15-11-22-9-13-31(14-10-22)27-17-28(19-29-18-27)33-21-26-6-3-12-30-26/h1-2,4-5,7-8,16-19,22,26,30H,3,6,9-15,20-21H2/t26-/m0/s1. The second-order valence-electron chi connectivity index (χ2n) is 9.44. The molecule has 33 heavy (non-hydrogen) atoms. The Hall–Kier alpha value is -2.63. The molecule has 2 aromatic carbocycles. The van der Waals surface area contributed by atoms with Crippen LogP contribution in [0.2, 0.25) is 0 Å². The number of piperidine rings is 1. The van der Waals surface area contributed by atoms with Crippen LogP contribution in [0.15, 0.2) is 60.9 Å². The van der Waals surface area contributed by atoms with Crippen LogP contribution in [0, 0.1) is 5.92 Å². The van der Waals surface area contributed by atoms with Crippen LogP contribution in [0.25, 0.3) is 10.8 Å². The molecule has 3 heterocycles. The van der Waals surface area contributed by atoms with Crippen LogP contribution in [-0.4, -0.2) is 43.9 Å². The van der Waals surface area contributed by atoms with Crippen LogP contribution in [0.3, 0.4) is 0 Å². The van der Waals surface area contributed by atoms with Crippen LogP contribution in [0.1, 0.15) is 37.7 Å². The Labute approximate surface area is 197 Å². The average Bonchev–Trinajstić information content (AvgIpc) is 3.40. The summed E-state index contributed by atoms with van der Waals surface area (Å²) in [7, 11) is 0. The molecular formula is C28H35N3O2. The summed E-state index contributed by atoms with van der Waals surface area (Å²) in [5, 5.41) is 6.05. The number of ether oxygens (including phenoxy) is 2. The number of benzene rings is 2. The van der Waals surface area contributed by atoms with Crippen molar-refractivity contribution >= 4 is 16.5 Å². The fraction of sp³-hybridized carbons (Fsp3) is 0.464. The van der Waals surface area contributed by atoms with Gasteiger partial charge in [-0.1, -0.05) is 36.4 Å². The molecule has 2 saturated heterocycles. The first-order valence-corrected chi connectivity index (χ1v) is 12.4. The van der Waals surface area contributed by atoms with Crippen LogP contribution < -0.4 is 15.0 Å². The van der Waals surface area contributed by atoms with E-state index >= 15 is 0 Å². The lowest BCUT2D eigenvalue weighted by molar-refractivity contribution is 0.104. The van der Waals surface area contributed by atoms with E-state index in [9.17, 15) is 0 Å². The normalized spacial score (nSPS) is 19.3. The van der Waals surface area contributed by atoms with Crippen molar-refractivity contribution < 1.29 is 9.47 Å². The van der Waals surface area contributed by atoms with E-state index in [4.69, 9.17) is 9.47 Å². The van der Waals surface area contributed by atoms with Gasteiger partial charge < -0.3 is 19.7 Å². The summed E-state index contributed by atoms with van der Waals surface area (Å²) in [5.74, 6) is 1.61. The largest absolute Gasteiger partial charge is 0.490 e. The zero-order valence-corrected chi connectivity index (χ0v) is 19.4. The lowest BCUT2D eigenvalue weighted by Gasteiger charge is -2.33. The summed E-state index contributed by atoms with van der Waals surface area (Å²) in [6, 6.07) is 17.7. The third-order valence-electron chi connectivity index (χ3n) is 7.05. The van der Waals surface area contributed by atoms with E-state index in [-0.39, 0.29) is 0 Å². The third-order valence-corrected chi connectivity index (χ3v) is 7.05.